The third-order valence-electron chi connectivity index (χ3n) is 2.85. The fraction of sp³-hybridized carbons (Fsp3) is 0.500. The fourth-order valence-corrected chi connectivity index (χ4v) is 1.80. The van der Waals surface area contributed by atoms with Gasteiger partial charge in [-0.2, -0.15) is 0 Å². The van der Waals surface area contributed by atoms with Crippen molar-refractivity contribution in [2.75, 3.05) is 32.8 Å². The Balaban J connectivity index is 0.000000771. The molecule has 0 unspecified atom stereocenters. The molecule has 2 rings (SSSR count). The van der Waals surface area contributed by atoms with E-state index in [2.05, 4.69) is 48.2 Å². The highest BCUT2D eigenvalue weighted by Gasteiger charge is 2.07. The second-order valence-electron chi connectivity index (χ2n) is 4.23. The van der Waals surface area contributed by atoms with E-state index in [0.29, 0.717) is 0 Å². The zero-order valence-corrected chi connectivity index (χ0v) is 11.9. The zero-order chi connectivity index (χ0) is 13.2. The van der Waals surface area contributed by atoms with Crippen LogP contribution in [0.15, 0.2) is 30.3 Å². The van der Waals surface area contributed by atoms with Crippen LogP contribution in [0.3, 0.4) is 0 Å². The molecule has 2 heteroatoms. The molecule has 1 aromatic rings. The summed E-state index contributed by atoms with van der Waals surface area (Å²) in [5, 5.41) is 0. The van der Waals surface area contributed by atoms with Gasteiger partial charge in [-0.3, -0.25) is 4.90 Å². The third-order valence-corrected chi connectivity index (χ3v) is 2.85. The summed E-state index contributed by atoms with van der Waals surface area (Å²) < 4.78 is 5.31. The maximum atomic E-state index is 5.31. The second kappa shape index (κ2) is 8.90. The Bertz CT molecular complexity index is 337. The number of aryl methyl sites for hydroxylation is 1. The first-order valence-electron chi connectivity index (χ1n) is 6.88. The Morgan fingerprint density at radius 3 is 2.33 bits per heavy atom. The van der Waals surface area contributed by atoms with Crippen LogP contribution in [0, 0.1) is 6.92 Å². The summed E-state index contributed by atoms with van der Waals surface area (Å²) in [6, 6.07) is 8.61. The number of hydrogen-bond acceptors (Lipinski definition) is 2. The quantitative estimate of drug-likeness (QED) is 0.812. The lowest BCUT2D eigenvalue weighted by Gasteiger charge is -2.25. The van der Waals surface area contributed by atoms with Crippen molar-refractivity contribution in [1.82, 2.24) is 4.90 Å². The van der Waals surface area contributed by atoms with Crippen LogP contribution in [0.25, 0.3) is 6.08 Å². The highest BCUT2D eigenvalue weighted by Crippen LogP contribution is 2.05. The molecule has 0 aromatic heterocycles. The van der Waals surface area contributed by atoms with E-state index in [9.17, 15) is 0 Å². The zero-order valence-electron chi connectivity index (χ0n) is 11.9. The maximum absolute atomic E-state index is 5.31. The number of benzene rings is 1. The van der Waals surface area contributed by atoms with E-state index in [1.54, 1.807) is 0 Å². The fourth-order valence-electron chi connectivity index (χ4n) is 1.80. The van der Waals surface area contributed by atoms with Crippen molar-refractivity contribution in [2.24, 2.45) is 0 Å². The average molecular weight is 247 g/mol. The second-order valence-corrected chi connectivity index (χ2v) is 4.23. The predicted molar refractivity (Wildman–Crippen MR) is 78.8 cm³/mol. The van der Waals surface area contributed by atoms with Gasteiger partial charge in [-0.05, 0) is 12.5 Å². The lowest BCUT2D eigenvalue weighted by atomic mass is 10.1. The van der Waals surface area contributed by atoms with Crippen molar-refractivity contribution in [3.63, 3.8) is 0 Å². The minimum atomic E-state index is 0.873. The van der Waals surface area contributed by atoms with Gasteiger partial charge in [0.2, 0.25) is 0 Å². The Labute approximate surface area is 111 Å². The molecule has 1 fully saturated rings. The van der Waals surface area contributed by atoms with Crippen molar-refractivity contribution < 1.29 is 4.74 Å². The highest BCUT2D eigenvalue weighted by atomic mass is 16.5. The van der Waals surface area contributed by atoms with Crippen LogP contribution in [-0.4, -0.2) is 37.7 Å². The SMILES string of the molecule is CC.Cc1ccc(/C=C/CN2CCOCC2)cc1. The van der Waals surface area contributed by atoms with Crippen molar-refractivity contribution >= 4 is 6.08 Å². The molecule has 0 atom stereocenters. The van der Waals surface area contributed by atoms with Crippen molar-refractivity contribution in [2.45, 2.75) is 20.8 Å². The van der Waals surface area contributed by atoms with Gasteiger partial charge in [0.15, 0.2) is 0 Å². The van der Waals surface area contributed by atoms with Gasteiger partial charge in [0.25, 0.3) is 0 Å². The molecule has 0 spiro atoms. The standard InChI is InChI=1S/C14H19NO.C2H6/c1-13-4-6-14(7-5-13)3-2-8-15-9-11-16-12-10-15;1-2/h2-7H,8-12H2,1H3;1-2H3/b3-2+;. The molecule has 2 nitrogen and oxygen atoms in total. The third kappa shape index (κ3) is 5.48. The molecule has 0 amide bonds. The molecule has 1 saturated heterocycles. The molecule has 0 bridgehead atoms. The van der Waals surface area contributed by atoms with E-state index >= 15 is 0 Å². The van der Waals surface area contributed by atoms with Crippen LogP contribution in [0.5, 0.6) is 0 Å². The summed E-state index contributed by atoms with van der Waals surface area (Å²) in [5.74, 6) is 0. The number of nitrogens with zero attached hydrogens (tertiary/aromatic N) is 1. The molecule has 1 aliphatic rings. The number of morpholine rings is 1. The molecule has 100 valence electrons. The molecule has 0 aliphatic carbocycles. The van der Waals surface area contributed by atoms with Gasteiger partial charge >= 0.3 is 0 Å². The molecule has 0 N–H and O–H groups in total. The first-order chi connectivity index (χ1) is 8.84. The summed E-state index contributed by atoms with van der Waals surface area (Å²) in [6.07, 6.45) is 4.42. The van der Waals surface area contributed by atoms with Crippen LogP contribution >= 0.6 is 0 Å². The van der Waals surface area contributed by atoms with E-state index in [-0.39, 0.29) is 0 Å². The maximum Gasteiger partial charge on any atom is 0.0594 e. The van der Waals surface area contributed by atoms with Gasteiger partial charge in [-0.1, -0.05) is 55.8 Å². The van der Waals surface area contributed by atoms with Crippen LogP contribution in [0.1, 0.15) is 25.0 Å². The Morgan fingerprint density at radius 2 is 1.72 bits per heavy atom. The lowest BCUT2D eigenvalue weighted by molar-refractivity contribution is 0.0435. The predicted octanol–water partition coefficient (Wildman–Crippen LogP) is 3.37. The summed E-state index contributed by atoms with van der Waals surface area (Å²) in [4.78, 5) is 2.41. The number of hydrogen-bond donors (Lipinski definition) is 0. The first kappa shape index (κ1) is 14.9. The van der Waals surface area contributed by atoms with E-state index in [4.69, 9.17) is 4.74 Å². The minimum Gasteiger partial charge on any atom is -0.379 e. The van der Waals surface area contributed by atoms with Gasteiger partial charge in [0.05, 0.1) is 13.2 Å². The molecular formula is C16H25NO. The van der Waals surface area contributed by atoms with Crippen molar-refractivity contribution in [3.05, 3.63) is 41.5 Å². The lowest BCUT2D eigenvalue weighted by Crippen LogP contribution is -2.36. The summed E-state index contributed by atoms with van der Waals surface area (Å²) in [6.45, 7) is 11.0. The minimum absolute atomic E-state index is 0.873. The monoisotopic (exact) mass is 247 g/mol. The topological polar surface area (TPSA) is 12.5 Å². The molecule has 18 heavy (non-hydrogen) atoms. The Kier molecular flexibility index (Phi) is 7.38. The smallest absolute Gasteiger partial charge is 0.0594 e. The summed E-state index contributed by atoms with van der Waals surface area (Å²) in [5.41, 5.74) is 2.59. The molecule has 1 aromatic carbocycles. The van der Waals surface area contributed by atoms with Crippen LogP contribution in [-0.2, 0) is 4.74 Å². The normalized spacial score (nSPS) is 16.4. The van der Waals surface area contributed by atoms with Crippen LogP contribution in [0.2, 0.25) is 0 Å². The van der Waals surface area contributed by atoms with Gasteiger partial charge in [0, 0.05) is 19.6 Å². The Hall–Kier alpha value is -1.12. The van der Waals surface area contributed by atoms with Crippen LogP contribution < -0.4 is 0 Å². The average Bonchev–Trinajstić information content (AvgIpc) is 2.44. The number of ether oxygens (including phenoxy) is 1. The van der Waals surface area contributed by atoms with Crippen molar-refractivity contribution in [3.8, 4) is 0 Å². The van der Waals surface area contributed by atoms with Crippen molar-refractivity contribution in [1.29, 1.82) is 0 Å². The molecule has 1 heterocycles. The van der Waals surface area contributed by atoms with Gasteiger partial charge in [-0.25, -0.2) is 0 Å². The number of rotatable bonds is 3. The van der Waals surface area contributed by atoms with E-state index in [0.717, 1.165) is 32.8 Å². The highest BCUT2D eigenvalue weighted by molar-refractivity contribution is 5.49. The molecular weight excluding hydrogens is 222 g/mol. The molecule has 0 saturated carbocycles. The first-order valence-corrected chi connectivity index (χ1v) is 6.88. The largest absolute Gasteiger partial charge is 0.379 e. The van der Waals surface area contributed by atoms with Gasteiger partial charge in [-0.15, -0.1) is 0 Å². The summed E-state index contributed by atoms with van der Waals surface area (Å²) >= 11 is 0. The van der Waals surface area contributed by atoms with E-state index in [1.807, 2.05) is 13.8 Å². The summed E-state index contributed by atoms with van der Waals surface area (Å²) in [7, 11) is 0. The Morgan fingerprint density at radius 1 is 1.11 bits per heavy atom. The van der Waals surface area contributed by atoms with E-state index < -0.39 is 0 Å². The molecule has 0 radical (unpaired) electrons. The van der Waals surface area contributed by atoms with E-state index in [1.165, 1.54) is 11.1 Å². The van der Waals surface area contributed by atoms with Gasteiger partial charge in [0.1, 0.15) is 0 Å². The molecule has 1 aliphatic heterocycles. The van der Waals surface area contributed by atoms with Gasteiger partial charge < -0.3 is 4.74 Å². The van der Waals surface area contributed by atoms with Crippen LogP contribution in [0.4, 0.5) is 0 Å².